The van der Waals surface area contributed by atoms with E-state index in [0.29, 0.717) is 37.8 Å². The predicted molar refractivity (Wildman–Crippen MR) is 175 cm³/mol. The zero-order chi connectivity index (χ0) is 34.4. The summed E-state index contributed by atoms with van der Waals surface area (Å²) in [4.78, 5) is 78.6. The lowest BCUT2D eigenvalue weighted by Crippen LogP contribution is -2.56. The molecule has 0 aliphatic carbocycles. The first kappa shape index (κ1) is 38.2. The van der Waals surface area contributed by atoms with Crippen molar-refractivity contribution in [2.24, 2.45) is 11.3 Å². The van der Waals surface area contributed by atoms with Crippen LogP contribution in [0.15, 0.2) is 24.3 Å². The van der Waals surface area contributed by atoms with Crippen molar-refractivity contribution in [2.45, 2.75) is 111 Å². The van der Waals surface area contributed by atoms with Crippen molar-refractivity contribution in [3.8, 4) is 0 Å². The number of nitrogens with one attached hydrogen (secondary N) is 3. The van der Waals surface area contributed by atoms with Crippen molar-refractivity contribution in [1.29, 1.82) is 0 Å². The van der Waals surface area contributed by atoms with Crippen molar-refractivity contribution in [2.75, 3.05) is 19.6 Å². The molecule has 0 spiro atoms. The van der Waals surface area contributed by atoms with Crippen LogP contribution in [0.3, 0.4) is 0 Å². The highest BCUT2D eigenvalue weighted by molar-refractivity contribution is 6.01. The van der Waals surface area contributed by atoms with E-state index in [0.717, 1.165) is 42.6 Å². The molecule has 12 heteroatoms. The molecule has 3 unspecified atom stereocenters. The van der Waals surface area contributed by atoms with Crippen LogP contribution >= 0.6 is 0 Å². The molecule has 1 aromatic rings. The van der Waals surface area contributed by atoms with Gasteiger partial charge in [-0.05, 0) is 49.1 Å². The Labute approximate surface area is 273 Å². The average Bonchev–Trinajstić information content (AvgIpc) is 3.50. The standard InChI is InChI=1S/C34H53N5O7/c1-7-8-9-10-11-16-24(3)29(32(44)45)37-30(42)26-18-14-19-39(26)28(41)20-35-33(46)36-27(34(4,5)6)21-38(22-40)31(43)25-17-13-12-15-23(25)2/h12-13,15,17,22,24,26-27,29H,7-11,14,16,18-21H2,1-6H3,(H,37,42)(H,44,45)(H2,35,36,46)/t24?,26-,27?,29?/m0/s1. The highest BCUT2D eigenvalue weighted by Crippen LogP contribution is 2.22. The molecule has 12 nitrogen and oxygen atoms in total. The van der Waals surface area contributed by atoms with Gasteiger partial charge in [0.2, 0.25) is 18.2 Å². The Morgan fingerprint density at radius 2 is 1.74 bits per heavy atom. The summed E-state index contributed by atoms with van der Waals surface area (Å²) in [5, 5.41) is 17.8. The zero-order valence-corrected chi connectivity index (χ0v) is 28.3. The number of amides is 6. The molecule has 1 aliphatic heterocycles. The second kappa shape index (κ2) is 18.3. The Morgan fingerprint density at radius 1 is 1.07 bits per heavy atom. The summed E-state index contributed by atoms with van der Waals surface area (Å²) in [6.07, 6.45) is 7.34. The number of hydrogen-bond acceptors (Lipinski definition) is 6. The third-order valence-electron chi connectivity index (χ3n) is 8.67. The first-order chi connectivity index (χ1) is 21.7. The van der Waals surface area contributed by atoms with E-state index >= 15 is 0 Å². The lowest BCUT2D eigenvalue weighted by Gasteiger charge is -2.34. The molecule has 0 aromatic heterocycles. The maximum absolute atomic E-state index is 13.2. The molecule has 1 aliphatic rings. The van der Waals surface area contributed by atoms with E-state index in [9.17, 15) is 33.9 Å². The van der Waals surface area contributed by atoms with Gasteiger partial charge in [-0.15, -0.1) is 0 Å². The number of benzene rings is 1. The number of nitrogens with zero attached hydrogens (tertiary/aromatic N) is 2. The van der Waals surface area contributed by atoms with E-state index in [4.69, 9.17) is 0 Å². The van der Waals surface area contributed by atoms with Crippen molar-refractivity contribution >= 4 is 36.1 Å². The molecule has 0 radical (unpaired) electrons. The number of rotatable bonds is 17. The number of aliphatic carboxylic acids is 1. The second-order valence-electron chi connectivity index (χ2n) is 13.4. The van der Waals surface area contributed by atoms with Crippen LogP contribution in [0.2, 0.25) is 0 Å². The quantitative estimate of drug-likeness (QED) is 0.148. The largest absolute Gasteiger partial charge is 0.480 e. The molecule has 256 valence electrons. The molecule has 0 saturated carbocycles. The molecule has 1 saturated heterocycles. The van der Waals surface area contributed by atoms with Crippen LogP contribution < -0.4 is 16.0 Å². The monoisotopic (exact) mass is 643 g/mol. The minimum absolute atomic E-state index is 0.0855. The fourth-order valence-corrected chi connectivity index (χ4v) is 5.61. The van der Waals surface area contributed by atoms with Gasteiger partial charge in [-0.25, -0.2) is 9.59 Å². The predicted octanol–water partition coefficient (Wildman–Crippen LogP) is 3.86. The third kappa shape index (κ3) is 11.4. The maximum Gasteiger partial charge on any atom is 0.326 e. The molecule has 1 fully saturated rings. The molecule has 6 amide bonds. The molecule has 4 N–H and O–H groups in total. The van der Waals surface area contributed by atoms with Crippen molar-refractivity contribution in [1.82, 2.24) is 25.8 Å². The van der Waals surface area contributed by atoms with Crippen LogP contribution in [0.1, 0.15) is 102 Å². The van der Waals surface area contributed by atoms with E-state index in [1.807, 2.05) is 27.7 Å². The fourth-order valence-electron chi connectivity index (χ4n) is 5.61. The topological polar surface area (TPSA) is 165 Å². The number of carbonyl (C=O) groups excluding carboxylic acids is 5. The van der Waals surface area contributed by atoms with Crippen LogP contribution in [0.25, 0.3) is 0 Å². The number of imide groups is 1. The van der Waals surface area contributed by atoms with E-state index in [2.05, 4.69) is 22.9 Å². The number of carboxylic acid groups (broad SMARTS) is 1. The first-order valence-electron chi connectivity index (χ1n) is 16.4. The summed E-state index contributed by atoms with van der Waals surface area (Å²) in [5.74, 6) is -2.84. The van der Waals surface area contributed by atoms with Gasteiger partial charge in [-0.3, -0.25) is 24.1 Å². The van der Waals surface area contributed by atoms with Gasteiger partial charge in [-0.1, -0.05) is 84.9 Å². The van der Waals surface area contributed by atoms with Crippen molar-refractivity contribution in [3.05, 3.63) is 35.4 Å². The van der Waals surface area contributed by atoms with Crippen LogP contribution in [0.5, 0.6) is 0 Å². The summed E-state index contributed by atoms with van der Waals surface area (Å²) in [6.45, 7) is 11.1. The Hall–Kier alpha value is -3.96. The SMILES string of the molecule is CCCCCCCC(C)C(NC(=O)[C@@H]1CCCN1C(=O)CNC(=O)NC(CN(C=O)C(=O)c1ccccc1C)C(C)(C)C)C(=O)O. The van der Waals surface area contributed by atoms with Crippen molar-refractivity contribution in [3.63, 3.8) is 0 Å². The van der Waals surface area contributed by atoms with Crippen LogP contribution in [-0.4, -0.2) is 88.8 Å². The second-order valence-corrected chi connectivity index (χ2v) is 13.4. The number of aryl methyl sites for hydroxylation is 1. The molecule has 1 aromatic carbocycles. The lowest BCUT2D eigenvalue weighted by molar-refractivity contribution is -0.145. The molecule has 2 rings (SSSR count). The fraction of sp³-hybridized carbons (Fsp3) is 0.647. The van der Waals surface area contributed by atoms with E-state index in [1.165, 1.54) is 4.90 Å². The lowest BCUT2D eigenvalue weighted by atomic mass is 9.86. The molecule has 0 bridgehead atoms. The summed E-state index contributed by atoms with van der Waals surface area (Å²) in [7, 11) is 0. The van der Waals surface area contributed by atoms with Crippen LogP contribution in [0, 0.1) is 18.3 Å². The van der Waals surface area contributed by atoms with Gasteiger partial charge >= 0.3 is 12.0 Å². The van der Waals surface area contributed by atoms with Gasteiger partial charge in [0.15, 0.2) is 0 Å². The minimum atomic E-state index is -1.11. The van der Waals surface area contributed by atoms with E-state index in [-0.39, 0.29) is 19.0 Å². The number of unbranched alkanes of at least 4 members (excludes halogenated alkanes) is 4. The Kier molecular flexibility index (Phi) is 15.2. The summed E-state index contributed by atoms with van der Waals surface area (Å²) >= 11 is 0. The number of urea groups is 1. The maximum atomic E-state index is 13.2. The minimum Gasteiger partial charge on any atom is -0.480 e. The van der Waals surface area contributed by atoms with Gasteiger partial charge in [0, 0.05) is 18.7 Å². The summed E-state index contributed by atoms with van der Waals surface area (Å²) in [6, 6.07) is 3.72. The summed E-state index contributed by atoms with van der Waals surface area (Å²) in [5.41, 5.74) is 0.545. The number of carboxylic acids is 1. The highest BCUT2D eigenvalue weighted by Gasteiger charge is 2.37. The average molecular weight is 644 g/mol. The number of hydrogen-bond donors (Lipinski definition) is 4. The van der Waals surface area contributed by atoms with Gasteiger partial charge in [0.25, 0.3) is 5.91 Å². The molecule has 46 heavy (non-hydrogen) atoms. The van der Waals surface area contributed by atoms with Gasteiger partial charge in [0.1, 0.15) is 12.1 Å². The van der Waals surface area contributed by atoms with Gasteiger partial charge in [-0.2, -0.15) is 0 Å². The summed E-state index contributed by atoms with van der Waals surface area (Å²) < 4.78 is 0. The zero-order valence-electron chi connectivity index (χ0n) is 28.3. The first-order valence-corrected chi connectivity index (χ1v) is 16.4. The van der Waals surface area contributed by atoms with Crippen molar-refractivity contribution < 1.29 is 33.9 Å². The van der Waals surface area contributed by atoms with Gasteiger partial charge in [0.05, 0.1) is 12.6 Å². The number of likely N-dealkylation sites (tertiary alicyclic amines) is 1. The molecule has 1 heterocycles. The normalized spacial score (nSPS) is 16.6. The smallest absolute Gasteiger partial charge is 0.326 e. The van der Waals surface area contributed by atoms with E-state index < -0.39 is 53.3 Å². The van der Waals surface area contributed by atoms with Crippen LogP contribution in [-0.2, 0) is 19.2 Å². The van der Waals surface area contributed by atoms with Crippen LogP contribution in [0.4, 0.5) is 4.79 Å². The Morgan fingerprint density at radius 3 is 2.35 bits per heavy atom. The molecular weight excluding hydrogens is 590 g/mol. The number of carbonyl (C=O) groups is 6. The van der Waals surface area contributed by atoms with E-state index in [1.54, 1.807) is 31.2 Å². The molecule has 4 atom stereocenters. The molecular formula is C34H53N5O7. The highest BCUT2D eigenvalue weighted by atomic mass is 16.4. The Bertz CT molecular complexity index is 1210. The Balaban J connectivity index is 1.97. The van der Waals surface area contributed by atoms with Gasteiger partial charge < -0.3 is 26.0 Å². The third-order valence-corrected chi connectivity index (χ3v) is 8.67.